The third-order valence-corrected chi connectivity index (χ3v) is 17.7. The van der Waals surface area contributed by atoms with Crippen LogP contribution in [-0.4, -0.2) is 34.2 Å². The number of hydrogen-bond acceptors (Lipinski definition) is 4. The maximum Gasteiger partial charge on any atom is 0.314 e. The Bertz CT molecular complexity index is 214. The molecule has 0 aromatic heterocycles. The molecular weight excluding hydrogens is 526 g/mol. The minimum atomic E-state index is -2.11. The number of halogens is 2. The molecule has 0 aliphatic carbocycles. The van der Waals surface area contributed by atoms with E-state index in [1.807, 2.05) is 0 Å². The molecule has 0 saturated carbocycles. The van der Waals surface area contributed by atoms with Gasteiger partial charge < -0.3 is 16.5 Å². The predicted octanol–water partition coefficient (Wildman–Crippen LogP) is 4.65. The molecule has 10 heteroatoms. The maximum absolute atomic E-state index is 6.16. The fraction of sp³-hybridized carbons (Fsp3) is 1.00. The van der Waals surface area contributed by atoms with Crippen LogP contribution in [0.1, 0.15) is 0 Å². The van der Waals surface area contributed by atoms with E-state index in [2.05, 4.69) is 89.6 Å². The van der Waals surface area contributed by atoms with Crippen LogP contribution in [0.5, 0.6) is 0 Å². The van der Waals surface area contributed by atoms with Crippen LogP contribution >= 0.6 is 37.2 Å². The van der Waals surface area contributed by atoms with Gasteiger partial charge in [-0.1, -0.05) is 0 Å². The minimum absolute atomic E-state index is 2.07. The summed E-state index contributed by atoms with van der Waals surface area (Å²) in [5.74, 6) is 0. The molecular formula is C8H24I2O4Si4. The van der Waals surface area contributed by atoms with Crippen molar-refractivity contribution in [2.24, 2.45) is 0 Å². The van der Waals surface area contributed by atoms with Crippen LogP contribution in [0.4, 0.5) is 0 Å². The monoisotopic (exact) mass is 550 g/mol. The van der Waals surface area contributed by atoms with Gasteiger partial charge in [0.2, 0.25) is 0 Å². The average molecular weight is 550 g/mol. The molecule has 1 rings (SSSR count). The summed E-state index contributed by atoms with van der Waals surface area (Å²) in [5, 5.41) is 0. The first-order valence-electron chi connectivity index (χ1n) is 5.78. The lowest BCUT2D eigenvalue weighted by molar-refractivity contribution is 0.238. The molecule has 1 heterocycles. The van der Waals surface area contributed by atoms with E-state index in [1.54, 1.807) is 0 Å². The standard InChI is InChI=1S/C8H24O4Si4.I2/c1-13(2)9-14(3,4)11-16(7,8)12-15(5,6)10-13;1-2/h1-8H3;. The summed E-state index contributed by atoms with van der Waals surface area (Å²) in [6.07, 6.45) is 0. The second kappa shape index (κ2) is 6.95. The average Bonchev–Trinajstić information content (AvgIpc) is 1.94. The lowest BCUT2D eigenvalue weighted by atomic mass is 11.9. The topological polar surface area (TPSA) is 36.9 Å². The molecule has 0 N–H and O–H groups in total. The Labute approximate surface area is 139 Å². The van der Waals surface area contributed by atoms with E-state index in [-0.39, 0.29) is 0 Å². The highest BCUT2D eigenvalue weighted by Crippen LogP contribution is 2.30. The molecule has 0 amide bonds. The molecule has 0 spiro atoms. The van der Waals surface area contributed by atoms with Crippen molar-refractivity contribution in [3.8, 4) is 0 Å². The van der Waals surface area contributed by atoms with E-state index in [9.17, 15) is 0 Å². The van der Waals surface area contributed by atoms with E-state index in [0.29, 0.717) is 0 Å². The van der Waals surface area contributed by atoms with Gasteiger partial charge in [-0.3, -0.25) is 0 Å². The molecule has 4 nitrogen and oxygen atoms in total. The molecule has 0 radical (unpaired) electrons. The zero-order chi connectivity index (χ0) is 14.8. The normalized spacial score (nSPS) is 28.3. The molecule has 1 saturated heterocycles. The second-order valence-electron chi connectivity index (χ2n) is 6.01. The van der Waals surface area contributed by atoms with Gasteiger partial charge in [-0.15, -0.1) is 0 Å². The Kier molecular flexibility index (Phi) is 7.79. The van der Waals surface area contributed by atoms with Gasteiger partial charge in [0.05, 0.1) is 0 Å². The third kappa shape index (κ3) is 7.82. The van der Waals surface area contributed by atoms with E-state index < -0.39 is 34.2 Å². The Morgan fingerprint density at radius 3 is 0.667 bits per heavy atom. The molecule has 0 bridgehead atoms. The summed E-state index contributed by atoms with van der Waals surface area (Å²) in [5.41, 5.74) is 0. The molecule has 0 atom stereocenters. The highest BCUT2D eigenvalue weighted by Gasteiger charge is 2.50. The maximum atomic E-state index is 6.16. The van der Waals surface area contributed by atoms with Crippen molar-refractivity contribution >= 4 is 71.5 Å². The van der Waals surface area contributed by atoms with Gasteiger partial charge in [0.15, 0.2) is 0 Å². The molecule has 110 valence electrons. The Balaban J connectivity index is 0.00000137. The summed E-state index contributed by atoms with van der Waals surface area (Å²) < 4.78 is 24.6. The zero-order valence-corrected chi connectivity index (χ0v) is 20.7. The minimum Gasteiger partial charge on any atom is -0.416 e. The van der Waals surface area contributed by atoms with Gasteiger partial charge in [0.1, 0.15) is 0 Å². The van der Waals surface area contributed by atoms with E-state index in [4.69, 9.17) is 16.5 Å². The Morgan fingerprint density at radius 1 is 0.444 bits per heavy atom. The summed E-state index contributed by atoms with van der Waals surface area (Å²) in [6, 6.07) is 0. The molecule has 1 aliphatic rings. The van der Waals surface area contributed by atoms with Crippen LogP contribution in [0.25, 0.3) is 0 Å². The Hall–Kier alpha value is 2.17. The van der Waals surface area contributed by atoms with Crippen molar-refractivity contribution in [3.63, 3.8) is 0 Å². The highest BCUT2D eigenvalue weighted by atomic mass is 128. The van der Waals surface area contributed by atoms with Crippen molar-refractivity contribution in [2.45, 2.75) is 52.4 Å². The van der Waals surface area contributed by atoms with Crippen molar-refractivity contribution < 1.29 is 16.5 Å². The van der Waals surface area contributed by atoms with Gasteiger partial charge in [0, 0.05) is 37.2 Å². The summed E-state index contributed by atoms with van der Waals surface area (Å²) in [7, 11) is -8.44. The van der Waals surface area contributed by atoms with Crippen LogP contribution in [0.2, 0.25) is 52.4 Å². The smallest absolute Gasteiger partial charge is 0.314 e. The first kappa shape index (κ1) is 20.2. The fourth-order valence-electron chi connectivity index (χ4n) is 2.45. The first-order chi connectivity index (χ1) is 7.83. The second-order valence-corrected chi connectivity index (χ2v) is 20.5. The molecule has 0 aromatic carbocycles. The van der Waals surface area contributed by atoms with E-state index >= 15 is 0 Å². The van der Waals surface area contributed by atoms with Crippen molar-refractivity contribution in [1.82, 2.24) is 0 Å². The molecule has 0 aromatic rings. The lowest BCUT2D eigenvalue weighted by Crippen LogP contribution is -2.64. The molecule has 0 unspecified atom stereocenters. The van der Waals surface area contributed by atoms with Crippen LogP contribution in [0.15, 0.2) is 0 Å². The van der Waals surface area contributed by atoms with Gasteiger partial charge in [-0.2, -0.15) is 0 Å². The molecule has 1 aliphatic heterocycles. The quantitative estimate of drug-likeness (QED) is 0.325. The van der Waals surface area contributed by atoms with Crippen LogP contribution in [0, 0.1) is 0 Å². The number of rotatable bonds is 0. The van der Waals surface area contributed by atoms with Gasteiger partial charge in [-0.25, -0.2) is 0 Å². The van der Waals surface area contributed by atoms with Crippen LogP contribution in [0.3, 0.4) is 0 Å². The van der Waals surface area contributed by atoms with Gasteiger partial charge in [-0.05, 0) is 52.4 Å². The molecule has 18 heavy (non-hydrogen) atoms. The lowest BCUT2D eigenvalue weighted by Gasteiger charge is -2.46. The Morgan fingerprint density at radius 2 is 0.556 bits per heavy atom. The van der Waals surface area contributed by atoms with Crippen LogP contribution in [-0.2, 0) is 16.5 Å². The highest BCUT2D eigenvalue weighted by molar-refractivity contribution is 15.0. The summed E-state index contributed by atoms with van der Waals surface area (Å²) >= 11 is 4.24. The summed E-state index contributed by atoms with van der Waals surface area (Å²) in [6.45, 7) is 16.6. The largest absolute Gasteiger partial charge is 0.416 e. The first-order valence-corrected chi connectivity index (χ1v) is 23.3. The van der Waals surface area contributed by atoms with E-state index in [1.165, 1.54) is 0 Å². The van der Waals surface area contributed by atoms with Crippen molar-refractivity contribution in [2.75, 3.05) is 0 Å². The van der Waals surface area contributed by atoms with E-state index in [0.717, 1.165) is 0 Å². The SMILES string of the molecule is C[Si]1(C)O[Si](C)(C)O[Si](C)(C)O[Si](C)(C)O1.II. The molecule has 1 fully saturated rings. The van der Waals surface area contributed by atoms with Crippen LogP contribution < -0.4 is 0 Å². The fourth-order valence-corrected chi connectivity index (χ4v) is 23.6. The van der Waals surface area contributed by atoms with Gasteiger partial charge >= 0.3 is 34.2 Å². The zero-order valence-electron chi connectivity index (χ0n) is 12.4. The van der Waals surface area contributed by atoms with Gasteiger partial charge in [0.25, 0.3) is 0 Å². The van der Waals surface area contributed by atoms with Crippen molar-refractivity contribution in [3.05, 3.63) is 0 Å². The van der Waals surface area contributed by atoms with Crippen molar-refractivity contribution in [1.29, 1.82) is 0 Å². The number of hydrogen-bond donors (Lipinski definition) is 0. The summed E-state index contributed by atoms with van der Waals surface area (Å²) in [4.78, 5) is 0. The third-order valence-electron chi connectivity index (χ3n) is 1.97. The predicted molar refractivity (Wildman–Crippen MR) is 102 cm³/mol.